The summed E-state index contributed by atoms with van der Waals surface area (Å²) in [4.78, 5) is 27.8. The van der Waals surface area contributed by atoms with Gasteiger partial charge in [-0.3, -0.25) is 14.9 Å². The number of nitro groups is 1. The number of carbonyl (C=O) groups excluding carboxylic acids is 1. The van der Waals surface area contributed by atoms with E-state index in [4.69, 9.17) is 0 Å². The quantitative estimate of drug-likeness (QED) is 0.260. The second kappa shape index (κ2) is 8.72. The number of carbonyl (C=O) groups is 1. The number of fused-ring (bicyclic) bond motifs is 3. The molecule has 0 N–H and O–H groups in total. The lowest BCUT2D eigenvalue weighted by atomic mass is 9.67. The smallest absolute Gasteiger partial charge is 0.275 e. The molecule has 0 aromatic heterocycles. The molecule has 7 heteroatoms. The van der Waals surface area contributed by atoms with Gasteiger partial charge in [0.15, 0.2) is 11.2 Å². The molecule has 1 fully saturated rings. The highest BCUT2D eigenvalue weighted by Gasteiger charge is 2.64. The SMILES string of the molecule is Cc1cc(C)c([N+](=O)[O-])c(C)c1C1C(C(=O)c2ccccc2)N2c3ccccc3C=CC2C1(C#N)C#N. The topological polar surface area (TPSA) is 111 Å². The molecule has 0 bridgehead atoms. The van der Waals surface area contributed by atoms with E-state index in [-0.39, 0.29) is 11.5 Å². The number of hydrogen-bond acceptors (Lipinski definition) is 6. The molecule has 1 saturated heterocycles. The second-order valence-electron chi connectivity index (χ2n) is 9.67. The Morgan fingerprint density at radius 2 is 1.65 bits per heavy atom. The van der Waals surface area contributed by atoms with Crippen LogP contribution in [0.15, 0.2) is 66.7 Å². The number of nitro benzene ring substituents is 1. The molecule has 0 aliphatic carbocycles. The third-order valence-electron chi connectivity index (χ3n) is 7.73. The van der Waals surface area contributed by atoms with Crippen LogP contribution in [0.2, 0.25) is 0 Å². The van der Waals surface area contributed by atoms with Gasteiger partial charge in [-0.25, -0.2) is 0 Å². The van der Waals surface area contributed by atoms with E-state index in [0.29, 0.717) is 27.8 Å². The predicted molar refractivity (Wildman–Crippen MR) is 140 cm³/mol. The Bertz CT molecular complexity index is 1550. The van der Waals surface area contributed by atoms with E-state index in [1.54, 1.807) is 44.2 Å². The van der Waals surface area contributed by atoms with E-state index >= 15 is 0 Å². The molecule has 2 aliphatic heterocycles. The Hall–Kier alpha value is -4.75. The predicted octanol–water partition coefficient (Wildman–Crippen LogP) is 5.80. The van der Waals surface area contributed by atoms with E-state index in [2.05, 4.69) is 12.1 Å². The van der Waals surface area contributed by atoms with Crippen molar-refractivity contribution in [2.75, 3.05) is 4.90 Å². The summed E-state index contributed by atoms with van der Waals surface area (Å²) in [5, 5.41) is 33.3. The molecule has 3 aromatic rings. The molecule has 5 rings (SSSR count). The molecular weight excluding hydrogens is 464 g/mol. The maximum absolute atomic E-state index is 14.3. The zero-order chi connectivity index (χ0) is 26.5. The molecule has 2 aliphatic rings. The number of para-hydroxylation sites is 1. The van der Waals surface area contributed by atoms with Crippen molar-refractivity contribution in [3.63, 3.8) is 0 Å². The highest BCUT2D eigenvalue weighted by molar-refractivity contribution is 6.04. The lowest BCUT2D eigenvalue weighted by molar-refractivity contribution is -0.386. The van der Waals surface area contributed by atoms with E-state index in [9.17, 15) is 25.4 Å². The normalized spacial score (nSPS) is 20.9. The molecule has 3 aromatic carbocycles. The molecule has 0 radical (unpaired) electrons. The first-order chi connectivity index (χ1) is 17.8. The number of aryl methyl sites for hydroxylation is 2. The summed E-state index contributed by atoms with van der Waals surface area (Å²) in [6, 6.07) is 21.0. The van der Waals surface area contributed by atoms with Crippen LogP contribution in [0.1, 0.15) is 44.1 Å². The number of benzene rings is 3. The Balaban J connectivity index is 1.88. The fourth-order valence-corrected chi connectivity index (χ4v) is 6.27. The van der Waals surface area contributed by atoms with Crippen molar-refractivity contribution in [1.29, 1.82) is 10.5 Å². The number of hydrogen-bond donors (Lipinski definition) is 0. The minimum Gasteiger partial charge on any atom is -0.351 e. The summed E-state index contributed by atoms with van der Waals surface area (Å²) in [6.07, 6.45) is 3.69. The van der Waals surface area contributed by atoms with Crippen LogP contribution in [0.5, 0.6) is 0 Å². The third kappa shape index (κ3) is 3.36. The first-order valence-electron chi connectivity index (χ1n) is 12.0. The average Bonchev–Trinajstić information content (AvgIpc) is 3.18. The fourth-order valence-electron chi connectivity index (χ4n) is 6.27. The Labute approximate surface area is 215 Å². The van der Waals surface area contributed by atoms with Gasteiger partial charge in [-0.05, 0) is 49.6 Å². The third-order valence-corrected chi connectivity index (χ3v) is 7.73. The van der Waals surface area contributed by atoms with Crippen LogP contribution in [-0.4, -0.2) is 22.8 Å². The van der Waals surface area contributed by atoms with Gasteiger partial charge in [0.05, 0.1) is 23.1 Å². The number of Topliss-reactive ketones (excluding diaryl/α,β-unsaturated/α-hetero) is 1. The zero-order valence-corrected chi connectivity index (χ0v) is 20.7. The van der Waals surface area contributed by atoms with Crippen molar-refractivity contribution >= 4 is 23.2 Å². The number of rotatable bonds is 4. The van der Waals surface area contributed by atoms with E-state index < -0.39 is 28.3 Å². The molecule has 2 heterocycles. The minimum absolute atomic E-state index is 0.0582. The van der Waals surface area contributed by atoms with Gasteiger partial charge in [-0.2, -0.15) is 10.5 Å². The lowest BCUT2D eigenvalue weighted by Gasteiger charge is -2.35. The minimum atomic E-state index is -1.67. The summed E-state index contributed by atoms with van der Waals surface area (Å²) in [7, 11) is 0. The van der Waals surface area contributed by atoms with Crippen LogP contribution < -0.4 is 4.90 Å². The molecule has 7 nitrogen and oxygen atoms in total. The summed E-state index contributed by atoms with van der Waals surface area (Å²) in [5.41, 5.74) is 2.44. The van der Waals surface area contributed by atoms with Crippen molar-refractivity contribution < 1.29 is 9.72 Å². The number of anilines is 1. The first kappa shape index (κ1) is 24.0. The molecule has 0 saturated carbocycles. The van der Waals surface area contributed by atoms with Gasteiger partial charge in [-0.15, -0.1) is 0 Å². The lowest BCUT2D eigenvalue weighted by Crippen LogP contribution is -2.44. The van der Waals surface area contributed by atoms with Crippen molar-refractivity contribution in [1.82, 2.24) is 0 Å². The maximum Gasteiger partial charge on any atom is 0.275 e. The fraction of sp³-hybridized carbons (Fsp3) is 0.233. The van der Waals surface area contributed by atoms with Gasteiger partial charge < -0.3 is 4.90 Å². The van der Waals surface area contributed by atoms with Crippen LogP contribution in [0.3, 0.4) is 0 Å². The summed E-state index contributed by atoms with van der Waals surface area (Å²) >= 11 is 0. The first-order valence-corrected chi connectivity index (χ1v) is 12.0. The monoisotopic (exact) mass is 488 g/mol. The molecule has 0 amide bonds. The van der Waals surface area contributed by atoms with Gasteiger partial charge in [0.1, 0.15) is 6.04 Å². The van der Waals surface area contributed by atoms with E-state index in [1.165, 1.54) is 0 Å². The Morgan fingerprint density at radius 1 is 1.00 bits per heavy atom. The summed E-state index contributed by atoms with van der Waals surface area (Å²) in [6.45, 7) is 5.15. The molecule has 0 spiro atoms. The van der Waals surface area contributed by atoms with Crippen molar-refractivity contribution in [2.45, 2.75) is 38.8 Å². The molecule has 3 atom stereocenters. The maximum atomic E-state index is 14.3. The van der Waals surface area contributed by atoms with Crippen LogP contribution in [-0.2, 0) is 0 Å². The van der Waals surface area contributed by atoms with Crippen LogP contribution in [0.4, 0.5) is 11.4 Å². The average molecular weight is 489 g/mol. The van der Waals surface area contributed by atoms with E-state index in [1.807, 2.05) is 54.3 Å². The van der Waals surface area contributed by atoms with Gasteiger partial charge in [0.2, 0.25) is 0 Å². The van der Waals surface area contributed by atoms with Crippen molar-refractivity contribution in [2.24, 2.45) is 5.41 Å². The van der Waals surface area contributed by atoms with Crippen molar-refractivity contribution in [3.8, 4) is 12.1 Å². The van der Waals surface area contributed by atoms with Gasteiger partial charge in [-0.1, -0.05) is 60.7 Å². The summed E-state index contributed by atoms with van der Waals surface area (Å²) < 4.78 is 0. The molecular formula is C30H24N4O3. The second-order valence-corrected chi connectivity index (χ2v) is 9.67. The largest absolute Gasteiger partial charge is 0.351 e. The molecule has 3 unspecified atom stereocenters. The summed E-state index contributed by atoms with van der Waals surface area (Å²) in [5.74, 6) is -1.18. The van der Waals surface area contributed by atoms with Crippen LogP contribution in [0, 0.1) is 59.0 Å². The number of ketones is 1. The molecule has 182 valence electrons. The van der Waals surface area contributed by atoms with Gasteiger partial charge >= 0.3 is 0 Å². The highest BCUT2D eigenvalue weighted by Crippen LogP contribution is 2.57. The van der Waals surface area contributed by atoms with E-state index in [0.717, 1.165) is 11.3 Å². The van der Waals surface area contributed by atoms with Gasteiger partial charge in [0.25, 0.3) is 5.69 Å². The Morgan fingerprint density at radius 3 is 2.30 bits per heavy atom. The van der Waals surface area contributed by atoms with Gasteiger partial charge in [0, 0.05) is 28.3 Å². The number of nitriles is 2. The highest BCUT2D eigenvalue weighted by atomic mass is 16.6. The van der Waals surface area contributed by atoms with Crippen molar-refractivity contribution in [3.05, 3.63) is 110 Å². The van der Waals surface area contributed by atoms with Crippen LogP contribution >= 0.6 is 0 Å². The Kier molecular flexibility index (Phi) is 5.65. The zero-order valence-electron chi connectivity index (χ0n) is 20.7. The number of nitrogens with zero attached hydrogens (tertiary/aromatic N) is 4. The standard InChI is InChI=1S/C30H24N4O3/c1-18-15-19(2)27(34(36)37)20(3)25(18)26-28(29(35)22-10-5-4-6-11-22)33-23-12-8-7-9-21(23)13-14-24(33)30(26,16-31)17-32/h4-15,24,26,28H,1-3H3. The van der Waals surface area contributed by atoms with Crippen LogP contribution in [0.25, 0.3) is 6.08 Å². The molecule has 37 heavy (non-hydrogen) atoms.